The molecule has 0 saturated carbocycles. The van der Waals surface area contributed by atoms with Gasteiger partial charge in [0.2, 0.25) is 0 Å². The van der Waals surface area contributed by atoms with Gasteiger partial charge in [-0.15, -0.1) is 0 Å². The Bertz CT molecular complexity index is 388. The van der Waals surface area contributed by atoms with Crippen molar-refractivity contribution in [3.8, 4) is 5.75 Å². The molecule has 3 nitrogen and oxygen atoms in total. The van der Waals surface area contributed by atoms with Crippen LogP contribution in [0.25, 0.3) is 0 Å². The molecule has 1 aromatic carbocycles. The van der Waals surface area contributed by atoms with Crippen molar-refractivity contribution >= 4 is 0 Å². The summed E-state index contributed by atoms with van der Waals surface area (Å²) in [6.07, 6.45) is 0.380. The summed E-state index contributed by atoms with van der Waals surface area (Å²) in [6, 6.07) is 8.16. The molecule has 1 aromatic rings. The summed E-state index contributed by atoms with van der Waals surface area (Å²) < 4.78 is 11.3. The van der Waals surface area contributed by atoms with Crippen LogP contribution in [0.1, 0.15) is 33.3 Å². The summed E-state index contributed by atoms with van der Waals surface area (Å²) >= 11 is 0. The molecule has 0 spiro atoms. The zero-order valence-electron chi connectivity index (χ0n) is 12.5. The highest BCUT2D eigenvalue weighted by Gasteiger charge is 2.34. The molecule has 3 heteroatoms. The Balaban J connectivity index is 1.72. The lowest BCUT2D eigenvalue weighted by Crippen LogP contribution is -2.59. The molecule has 1 saturated heterocycles. The Morgan fingerprint density at radius 2 is 1.79 bits per heavy atom. The van der Waals surface area contributed by atoms with Gasteiger partial charge in [0.05, 0.1) is 19.3 Å². The molecular weight excluding hydrogens is 238 g/mol. The van der Waals surface area contributed by atoms with Crippen LogP contribution in [-0.2, 0) is 11.3 Å². The van der Waals surface area contributed by atoms with Crippen molar-refractivity contribution in [2.24, 2.45) is 0 Å². The minimum absolute atomic E-state index is 0.263. The van der Waals surface area contributed by atoms with Crippen LogP contribution in [0.15, 0.2) is 24.3 Å². The molecule has 1 fully saturated rings. The zero-order valence-corrected chi connectivity index (χ0v) is 12.5. The van der Waals surface area contributed by atoms with Crippen LogP contribution < -0.4 is 4.74 Å². The molecule has 0 aliphatic carbocycles. The van der Waals surface area contributed by atoms with Crippen LogP contribution in [0.3, 0.4) is 0 Å². The quantitative estimate of drug-likeness (QED) is 0.815. The molecule has 1 aliphatic rings. The molecule has 19 heavy (non-hydrogen) atoms. The van der Waals surface area contributed by atoms with E-state index in [2.05, 4.69) is 37.8 Å². The summed E-state index contributed by atoms with van der Waals surface area (Å²) in [5, 5.41) is 0. The number of benzene rings is 1. The number of nitrogens with zero attached hydrogens (tertiary/aromatic N) is 1. The van der Waals surface area contributed by atoms with E-state index in [1.807, 2.05) is 19.1 Å². The maximum atomic E-state index is 5.91. The monoisotopic (exact) mass is 263 g/mol. The summed E-state index contributed by atoms with van der Waals surface area (Å²) in [4.78, 5) is 2.44. The first-order chi connectivity index (χ1) is 8.99. The van der Waals surface area contributed by atoms with Crippen LogP contribution in [-0.4, -0.2) is 36.2 Å². The van der Waals surface area contributed by atoms with Gasteiger partial charge in [0.1, 0.15) is 5.75 Å². The highest BCUT2D eigenvalue weighted by Crippen LogP contribution is 2.23. The second-order valence-corrected chi connectivity index (χ2v) is 6.09. The number of rotatable bonds is 5. The lowest BCUT2D eigenvalue weighted by atomic mass is 9.99. The molecule has 1 heterocycles. The normalized spacial score (nSPS) is 17.3. The van der Waals surface area contributed by atoms with Crippen molar-refractivity contribution in [2.45, 2.75) is 45.9 Å². The van der Waals surface area contributed by atoms with E-state index in [1.54, 1.807) is 0 Å². The van der Waals surface area contributed by atoms with Crippen molar-refractivity contribution in [3.05, 3.63) is 29.8 Å². The number of likely N-dealkylation sites (tertiary alicyclic amines) is 1. The molecular formula is C16H25NO2. The molecule has 2 rings (SSSR count). The number of ether oxygens (including phenoxy) is 2. The second kappa shape index (κ2) is 5.93. The molecule has 0 bridgehead atoms. The minimum atomic E-state index is 0.263. The molecule has 0 aromatic heterocycles. The van der Waals surface area contributed by atoms with Gasteiger partial charge in [-0.05, 0) is 45.4 Å². The molecule has 0 amide bonds. The van der Waals surface area contributed by atoms with Gasteiger partial charge in [0, 0.05) is 18.6 Å². The number of hydrogen-bond acceptors (Lipinski definition) is 3. The van der Waals surface area contributed by atoms with Crippen LogP contribution in [0.5, 0.6) is 5.75 Å². The second-order valence-electron chi connectivity index (χ2n) is 6.09. The van der Waals surface area contributed by atoms with Gasteiger partial charge in [-0.1, -0.05) is 12.1 Å². The molecule has 1 aliphatic heterocycles. The largest absolute Gasteiger partial charge is 0.494 e. The highest BCUT2D eigenvalue weighted by atomic mass is 16.5. The standard InChI is InChI=1S/C16H25NO2/c1-5-18-14-8-6-13(7-9-14)12-19-15-10-17(11-15)16(2,3)4/h6-9,15H,5,10-12H2,1-4H3. The van der Waals surface area contributed by atoms with Crippen molar-refractivity contribution in [1.82, 2.24) is 4.90 Å². The van der Waals surface area contributed by atoms with Crippen molar-refractivity contribution in [3.63, 3.8) is 0 Å². The predicted octanol–water partition coefficient (Wildman–Crippen LogP) is 3.08. The highest BCUT2D eigenvalue weighted by molar-refractivity contribution is 5.26. The van der Waals surface area contributed by atoms with Crippen LogP contribution in [0, 0.1) is 0 Å². The third-order valence-corrected chi connectivity index (χ3v) is 3.52. The summed E-state index contributed by atoms with van der Waals surface area (Å²) in [7, 11) is 0. The average Bonchev–Trinajstić information content (AvgIpc) is 2.28. The Kier molecular flexibility index (Phi) is 4.48. The summed E-state index contributed by atoms with van der Waals surface area (Å²) in [6.45, 7) is 12.2. The van der Waals surface area contributed by atoms with E-state index in [0.717, 1.165) is 18.8 Å². The Morgan fingerprint density at radius 1 is 1.16 bits per heavy atom. The van der Waals surface area contributed by atoms with Gasteiger partial charge in [-0.3, -0.25) is 4.90 Å². The first-order valence-corrected chi connectivity index (χ1v) is 7.07. The summed E-state index contributed by atoms with van der Waals surface area (Å²) in [5.41, 5.74) is 1.47. The Morgan fingerprint density at radius 3 is 2.32 bits per heavy atom. The smallest absolute Gasteiger partial charge is 0.119 e. The van der Waals surface area contributed by atoms with Gasteiger partial charge in [-0.2, -0.15) is 0 Å². The number of hydrogen-bond donors (Lipinski definition) is 0. The van der Waals surface area contributed by atoms with Crippen molar-refractivity contribution in [1.29, 1.82) is 0 Å². The SMILES string of the molecule is CCOc1ccc(COC2CN(C(C)(C)C)C2)cc1. The first-order valence-electron chi connectivity index (χ1n) is 7.07. The Hall–Kier alpha value is -1.06. The van der Waals surface area contributed by atoms with E-state index >= 15 is 0 Å². The minimum Gasteiger partial charge on any atom is -0.494 e. The van der Waals surface area contributed by atoms with Crippen LogP contribution in [0.4, 0.5) is 0 Å². The maximum absolute atomic E-state index is 5.91. The van der Waals surface area contributed by atoms with Crippen molar-refractivity contribution < 1.29 is 9.47 Å². The van der Waals surface area contributed by atoms with Crippen LogP contribution in [0.2, 0.25) is 0 Å². The van der Waals surface area contributed by atoms with E-state index in [4.69, 9.17) is 9.47 Å². The molecule has 0 radical (unpaired) electrons. The first kappa shape index (κ1) is 14.4. The molecule has 0 N–H and O–H groups in total. The van der Waals surface area contributed by atoms with E-state index < -0.39 is 0 Å². The lowest BCUT2D eigenvalue weighted by molar-refractivity contribution is -0.0950. The fraction of sp³-hybridized carbons (Fsp3) is 0.625. The maximum Gasteiger partial charge on any atom is 0.119 e. The fourth-order valence-electron chi connectivity index (χ4n) is 2.15. The third kappa shape index (κ3) is 3.95. The van der Waals surface area contributed by atoms with E-state index in [0.29, 0.717) is 19.3 Å². The van der Waals surface area contributed by atoms with Gasteiger partial charge in [0.15, 0.2) is 0 Å². The average molecular weight is 263 g/mol. The van der Waals surface area contributed by atoms with E-state index in [-0.39, 0.29) is 5.54 Å². The molecule has 0 atom stereocenters. The van der Waals surface area contributed by atoms with Crippen molar-refractivity contribution in [2.75, 3.05) is 19.7 Å². The third-order valence-electron chi connectivity index (χ3n) is 3.52. The van der Waals surface area contributed by atoms with E-state index in [1.165, 1.54) is 5.56 Å². The van der Waals surface area contributed by atoms with Gasteiger partial charge in [-0.25, -0.2) is 0 Å². The summed E-state index contributed by atoms with van der Waals surface area (Å²) in [5.74, 6) is 0.925. The predicted molar refractivity (Wildman–Crippen MR) is 77.5 cm³/mol. The van der Waals surface area contributed by atoms with Crippen LogP contribution >= 0.6 is 0 Å². The topological polar surface area (TPSA) is 21.7 Å². The van der Waals surface area contributed by atoms with Gasteiger partial charge >= 0.3 is 0 Å². The lowest BCUT2D eigenvalue weighted by Gasteiger charge is -2.47. The Labute approximate surface area is 116 Å². The zero-order chi connectivity index (χ0) is 13.9. The van der Waals surface area contributed by atoms with Gasteiger partial charge in [0.25, 0.3) is 0 Å². The molecule has 106 valence electrons. The fourth-order valence-corrected chi connectivity index (χ4v) is 2.15. The molecule has 0 unspecified atom stereocenters. The van der Waals surface area contributed by atoms with E-state index in [9.17, 15) is 0 Å². The van der Waals surface area contributed by atoms with Gasteiger partial charge < -0.3 is 9.47 Å².